The van der Waals surface area contributed by atoms with Gasteiger partial charge in [-0.15, -0.1) is 0 Å². The van der Waals surface area contributed by atoms with Gasteiger partial charge in [-0.05, 0) is 27.0 Å². The molecule has 1 heterocycles. The third-order valence-electron chi connectivity index (χ3n) is 2.17. The Morgan fingerprint density at radius 2 is 2.06 bits per heavy atom. The molecule has 0 saturated heterocycles. The first-order valence-corrected chi connectivity index (χ1v) is 5.04. The molecule has 4 heteroatoms. The fourth-order valence-corrected chi connectivity index (χ4v) is 1.34. The van der Waals surface area contributed by atoms with Crippen molar-refractivity contribution in [2.75, 3.05) is 5.32 Å². The standard InChI is InChI=1S/C12H17N3O/c1-6-9-10(13-7-2)14-8-15(11(9)16)12(3,4)5/h6-8,13H,1-2H2,3-5H3. The number of aromatic nitrogens is 2. The Balaban J connectivity index is 3.46. The molecule has 0 unspecified atom stereocenters. The van der Waals surface area contributed by atoms with Gasteiger partial charge in [-0.1, -0.05) is 19.2 Å². The van der Waals surface area contributed by atoms with Gasteiger partial charge in [-0.3, -0.25) is 9.36 Å². The highest BCUT2D eigenvalue weighted by Gasteiger charge is 2.17. The van der Waals surface area contributed by atoms with E-state index in [0.717, 1.165) is 0 Å². The lowest BCUT2D eigenvalue weighted by atomic mass is 10.1. The first-order chi connectivity index (χ1) is 7.41. The van der Waals surface area contributed by atoms with Crippen LogP contribution in [-0.2, 0) is 5.54 Å². The number of nitrogens with one attached hydrogen (secondary N) is 1. The summed E-state index contributed by atoms with van der Waals surface area (Å²) < 4.78 is 1.58. The van der Waals surface area contributed by atoms with E-state index in [2.05, 4.69) is 23.5 Å². The van der Waals surface area contributed by atoms with Gasteiger partial charge in [0, 0.05) is 5.54 Å². The van der Waals surface area contributed by atoms with Crippen LogP contribution in [0.3, 0.4) is 0 Å². The van der Waals surface area contributed by atoms with Crippen molar-refractivity contribution in [1.29, 1.82) is 0 Å². The van der Waals surface area contributed by atoms with Gasteiger partial charge >= 0.3 is 0 Å². The maximum absolute atomic E-state index is 12.1. The summed E-state index contributed by atoms with van der Waals surface area (Å²) in [5.41, 5.74) is 0.0494. The minimum absolute atomic E-state index is 0.109. The van der Waals surface area contributed by atoms with Gasteiger partial charge in [-0.2, -0.15) is 0 Å². The average molecular weight is 219 g/mol. The van der Waals surface area contributed by atoms with Crippen molar-refractivity contribution in [2.24, 2.45) is 0 Å². The maximum atomic E-state index is 12.1. The molecule has 0 saturated carbocycles. The highest BCUT2D eigenvalue weighted by atomic mass is 16.1. The molecule has 0 radical (unpaired) electrons. The molecule has 0 atom stereocenters. The first kappa shape index (κ1) is 12.2. The second-order valence-corrected chi connectivity index (χ2v) is 4.41. The quantitative estimate of drug-likeness (QED) is 0.847. The summed E-state index contributed by atoms with van der Waals surface area (Å²) in [6, 6.07) is 0. The molecule has 0 spiro atoms. The normalized spacial score (nSPS) is 10.9. The van der Waals surface area contributed by atoms with Crippen molar-refractivity contribution in [1.82, 2.24) is 9.55 Å². The van der Waals surface area contributed by atoms with Gasteiger partial charge in [0.05, 0.1) is 5.56 Å². The molecular formula is C12H17N3O. The van der Waals surface area contributed by atoms with Crippen molar-refractivity contribution in [3.63, 3.8) is 0 Å². The molecule has 16 heavy (non-hydrogen) atoms. The van der Waals surface area contributed by atoms with E-state index >= 15 is 0 Å². The second kappa shape index (κ2) is 4.35. The summed E-state index contributed by atoms with van der Waals surface area (Å²) in [5, 5.41) is 2.81. The van der Waals surface area contributed by atoms with Crippen LogP contribution in [0.4, 0.5) is 5.82 Å². The van der Waals surface area contributed by atoms with Crippen LogP contribution in [0, 0.1) is 0 Å². The summed E-state index contributed by atoms with van der Waals surface area (Å²) in [4.78, 5) is 16.3. The van der Waals surface area contributed by atoms with Crippen LogP contribution >= 0.6 is 0 Å². The molecule has 0 amide bonds. The van der Waals surface area contributed by atoms with Gasteiger partial charge < -0.3 is 5.32 Å². The zero-order chi connectivity index (χ0) is 12.3. The lowest BCUT2D eigenvalue weighted by Crippen LogP contribution is -2.35. The predicted molar refractivity (Wildman–Crippen MR) is 67.4 cm³/mol. The van der Waals surface area contributed by atoms with E-state index < -0.39 is 0 Å². The third kappa shape index (κ3) is 2.21. The predicted octanol–water partition coefficient (Wildman–Crippen LogP) is 2.20. The van der Waals surface area contributed by atoms with E-state index in [1.54, 1.807) is 4.57 Å². The van der Waals surface area contributed by atoms with Crippen LogP contribution in [0.2, 0.25) is 0 Å². The monoisotopic (exact) mass is 219 g/mol. The van der Waals surface area contributed by atoms with Crippen molar-refractivity contribution < 1.29 is 0 Å². The van der Waals surface area contributed by atoms with E-state index in [0.29, 0.717) is 11.4 Å². The molecule has 1 aromatic rings. The topological polar surface area (TPSA) is 46.9 Å². The van der Waals surface area contributed by atoms with Gasteiger partial charge in [0.15, 0.2) is 0 Å². The maximum Gasteiger partial charge on any atom is 0.263 e. The number of anilines is 1. The Morgan fingerprint density at radius 3 is 2.50 bits per heavy atom. The molecule has 0 bridgehead atoms. The fourth-order valence-electron chi connectivity index (χ4n) is 1.34. The SMILES string of the molecule is C=CNc1ncn(C(C)(C)C)c(=O)c1C=C. The number of rotatable bonds is 3. The molecule has 0 aliphatic rings. The molecule has 0 aromatic carbocycles. The molecule has 1 aromatic heterocycles. The van der Waals surface area contributed by atoms with Crippen molar-refractivity contribution in [3.05, 3.63) is 41.6 Å². The molecule has 0 fully saturated rings. The molecule has 1 rings (SSSR count). The van der Waals surface area contributed by atoms with E-state index in [9.17, 15) is 4.79 Å². The zero-order valence-electron chi connectivity index (χ0n) is 9.95. The van der Waals surface area contributed by atoms with E-state index in [4.69, 9.17) is 0 Å². The summed E-state index contributed by atoms with van der Waals surface area (Å²) in [6.07, 6.45) is 4.51. The minimum atomic E-state index is -0.297. The largest absolute Gasteiger partial charge is 0.347 e. The molecule has 86 valence electrons. The Morgan fingerprint density at radius 1 is 1.44 bits per heavy atom. The van der Waals surface area contributed by atoms with Crippen LogP contribution < -0.4 is 10.9 Å². The lowest BCUT2D eigenvalue weighted by molar-refractivity contribution is 0.379. The average Bonchev–Trinajstić information content (AvgIpc) is 2.16. The van der Waals surface area contributed by atoms with E-state index in [-0.39, 0.29) is 11.1 Å². The second-order valence-electron chi connectivity index (χ2n) is 4.41. The van der Waals surface area contributed by atoms with E-state index in [1.807, 2.05) is 20.8 Å². The highest BCUT2D eigenvalue weighted by Crippen LogP contribution is 2.14. The Hall–Kier alpha value is -1.84. The van der Waals surface area contributed by atoms with Crippen molar-refractivity contribution in [3.8, 4) is 0 Å². The first-order valence-electron chi connectivity index (χ1n) is 5.04. The molecule has 0 aliphatic heterocycles. The summed E-state index contributed by atoms with van der Waals surface area (Å²) >= 11 is 0. The number of hydrogen-bond donors (Lipinski definition) is 1. The van der Waals surface area contributed by atoms with Gasteiger partial charge in [0.2, 0.25) is 0 Å². The fraction of sp³-hybridized carbons (Fsp3) is 0.333. The molecule has 1 N–H and O–H groups in total. The molecular weight excluding hydrogens is 202 g/mol. The summed E-state index contributed by atoms with van der Waals surface area (Å²) in [7, 11) is 0. The number of nitrogens with zero attached hydrogens (tertiary/aromatic N) is 2. The van der Waals surface area contributed by atoms with Gasteiger partial charge in [0.25, 0.3) is 5.56 Å². The van der Waals surface area contributed by atoms with Crippen LogP contribution in [0.1, 0.15) is 26.3 Å². The van der Waals surface area contributed by atoms with Gasteiger partial charge in [-0.25, -0.2) is 4.98 Å². The van der Waals surface area contributed by atoms with Crippen LogP contribution in [0.15, 0.2) is 30.5 Å². The van der Waals surface area contributed by atoms with Crippen LogP contribution in [-0.4, -0.2) is 9.55 Å². The Labute approximate surface area is 95.3 Å². The summed E-state index contributed by atoms with van der Waals surface area (Å²) in [5.74, 6) is 0.482. The van der Waals surface area contributed by atoms with Crippen LogP contribution in [0.5, 0.6) is 0 Å². The van der Waals surface area contributed by atoms with Gasteiger partial charge in [0.1, 0.15) is 12.1 Å². The van der Waals surface area contributed by atoms with E-state index in [1.165, 1.54) is 18.6 Å². The Bertz CT molecular complexity index is 466. The zero-order valence-corrected chi connectivity index (χ0v) is 9.95. The Kier molecular flexibility index (Phi) is 3.32. The number of hydrogen-bond acceptors (Lipinski definition) is 3. The van der Waals surface area contributed by atoms with Crippen molar-refractivity contribution >= 4 is 11.9 Å². The third-order valence-corrected chi connectivity index (χ3v) is 2.17. The minimum Gasteiger partial charge on any atom is -0.347 e. The summed E-state index contributed by atoms with van der Waals surface area (Å²) in [6.45, 7) is 13.0. The van der Waals surface area contributed by atoms with Crippen molar-refractivity contribution in [2.45, 2.75) is 26.3 Å². The lowest BCUT2D eigenvalue weighted by Gasteiger charge is -2.22. The highest BCUT2D eigenvalue weighted by molar-refractivity contribution is 5.61. The smallest absolute Gasteiger partial charge is 0.263 e. The molecule has 4 nitrogen and oxygen atoms in total. The van der Waals surface area contributed by atoms with Crippen LogP contribution in [0.25, 0.3) is 6.08 Å². The molecule has 0 aliphatic carbocycles.